The van der Waals surface area contributed by atoms with Crippen LogP contribution in [0.15, 0.2) is 58.9 Å². The summed E-state index contributed by atoms with van der Waals surface area (Å²) in [6.07, 6.45) is 6.16. The third-order valence-electron chi connectivity index (χ3n) is 8.35. The van der Waals surface area contributed by atoms with Gasteiger partial charge in [0.2, 0.25) is 11.8 Å². The predicted molar refractivity (Wildman–Crippen MR) is 144 cm³/mol. The standard InChI is InChI=1S/C30H35N3O7/c1-38-22-11-9-21(10-12-22)20-33-25-8-4-3-5-13-30(25,29(37)39-2)23(27(33)35)19-26(34)31-14-16-32(17-15-31)28(36)24-7-6-18-40-24/h6-12,18,23H,3-5,13-17,19-20H2,1-2H3/t23-,30-/m0/s1. The molecule has 2 saturated heterocycles. The van der Waals surface area contributed by atoms with E-state index < -0.39 is 17.3 Å². The highest BCUT2D eigenvalue weighted by molar-refractivity contribution is 5.99. The van der Waals surface area contributed by atoms with Crippen molar-refractivity contribution in [1.29, 1.82) is 0 Å². The van der Waals surface area contributed by atoms with Crippen LogP contribution in [0.2, 0.25) is 0 Å². The van der Waals surface area contributed by atoms with Crippen molar-refractivity contribution in [3.05, 3.63) is 65.8 Å². The zero-order valence-electron chi connectivity index (χ0n) is 23.0. The number of hydrogen-bond acceptors (Lipinski definition) is 7. The topological polar surface area (TPSA) is 110 Å². The van der Waals surface area contributed by atoms with Crippen LogP contribution in [0.25, 0.3) is 0 Å². The lowest BCUT2D eigenvalue weighted by Gasteiger charge is -2.36. The Morgan fingerprint density at radius 3 is 2.38 bits per heavy atom. The Labute approximate surface area is 233 Å². The number of likely N-dealkylation sites (tertiary alicyclic amines) is 1. The molecule has 0 bridgehead atoms. The maximum Gasteiger partial charge on any atom is 0.318 e. The number of methoxy groups -OCH3 is 2. The largest absolute Gasteiger partial charge is 0.497 e. The van der Waals surface area contributed by atoms with Gasteiger partial charge in [0.15, 0.2) is 5.76 Å². The van der Waals surface area contributed by atoms with Crippen LogP contribution in [0.4, 0.5) is 0 Å². The molecule has 2 fully saturated rings. The number of carbonyl (C=O) groups is 4. The highest BCUT2D eigenvalue weighted by Gasteiger charge is 2.61. The van der Waals surface area contributed by atoms with Crippen molar-refractivity contribution in [3.63, 3.8) is 0 Å². The van der Waals surface area contributed by atoms with E-state index in [1.165, 1.54) is 13.4 Å². The van der Waals surface area contributed by atoms with Crippen molar-refractivity contribution >= 4 is 23.7 Å². The summed E-state index contributed by atoms with van der Waals surface area (Å²) in [6, 6.07) is 10.7. The van der Waals surface area contributed by atoms with Crippen LogP contribution in [0.3, 0.4) is 0 Å². The average molecular weight is 550 g/mol. The van der Waals surface area contributed by atoms with Gasteiger partial charge in [-0.25, -0.2) is 0 Å². The normalized spacial score (nSPS) is 22.9. The molecule has 1 aliphatic carbocycles. The van der Waals surface area contributed by atoms with E-state index in [4.69, 9.17) is 13.9 Å². The summed E-state index contributed by atoms with van der Waals surface area (Å²) in [5, 5.41) is 0. The molecule has 1 aromatic heterocycles. The fourth-order valence-electron chi connectivity index (χ4n) is 6.21. The van der Waals surface area contributed by atoms with E-state index in [-0.39, 0.29) is 36.4 Å². The minimum absolute atomic E-state index is 0.101. The Morgan fingerprint density at radius 2 is 1.73 bits per heavy atom. The summed E-state index contributed by atoms with van der Waals surface area (Å²) >= 11 is 0. The number of hydrogen-bond donors (Lipinski definition) is 0. The van der Waals surface area contributed by atoms with Gasteiger partial charge in [0.05, 0.1) is 32.9 Å². The Morgan fingerprint density at radius 1 is 1.00 bits per heavy atom. The maximum absolute atomic E-state index is 14.0. The molecule has 10 nitrogen and oxygen atoms in total. The first-order chi connectivity index (χ1) is 19.4. The van der Waals surface area contributed by atoms with Crippen molar-refractivity contribution in [2.75, 3.05) is 40.4 Å². The van der Waals surface area contributed by atoms with Crippen molar-refractivity contribution < 1.29 is 33.1 Å². The van der Waals surface area contributed by atoms with Gasteiger partial charge in [0.25, 0.3) is 5.91 Å². The van der Waals surface area contributed by atoms with E-state index in [0.29, 0.717) is 44.0 Å². The fourth-order valence-corrected chi connectivity index (χ4v) is 6.21. The zero-order chi connectivity index (χ0) is 28.3. The van der Waals surface area contributed by atoms with Gasteiger partial charge < -0.3 is 28.6 Å². The number of nitrogens with zero attached hydrogens (tertiary/aromatic N) is 3. The number of allylic oxidation sites excluding steroid dienone is 1. The monoisotopic (exact) mass is 549 g/mol. The first kappa shape index (κ1) is 27.5. The minimum atomic E-state index is -1.21. The summed E-state index contributed by atoms with van der Waals surface area (Å²) in [4.78, 5) is 58.8. The smallest absolute Gasteiger partial charge is 0.318 e. The van der Waals surface area contributed by atoms with Crippen LogP contribution < -0.4 is 4.74 Å². The van der Waals surface area contributed by atoms with Crippen LogP contribution in [0.1, 0.15) is 48.2 Å². The molecule has 0 saturated carbocycles. The molecular formula is C30H35N3O7. The van der Waals surface area contributed by atoms with Crippen LogP contribution in [-0.4, -0.2) is 78.8 Å². The molecule has 10 heteroatoms. The summed E-state index contributed by atoms with van der Waals surface area (Å²) in [6.45, 7) is 1.69. The Hall–Kier alpha value is -4.08. The number of piperazine rings is 1. The van der Waals surface area contributed by atoms with Gasteiger partial charge >= 0.3 is 5.97 Å². The minimum Gasteiger partial charge on any atom is -0.497 e. The summed E-state index contributed by atoms with van der Waals surface area (Å²) < 4.78 is 15.8. The Kier molecular flexibility index (Phi) is 7.95. The second-order valence-corrected chi connectivity index (χ2v) is 10.5. The quantitative estimate of drug-likeness (QED) is 0.488. The molecule has 1 aromatic carbocycles. The van der Waals surface area contributed by atoms with E-state index in [2.05, 4.69) is 0 Å². The molecule has 0 N–H and O–H groups in total. The maximum atomic E-state index is 14.0. The molecule has 2 aromatic rings. The first-order valence-corrected chi connectivity index (χ1v) is 13.7. The van der Waals surface area contributed by atoms with E-state index >= 15 is 0 Å². The summed E-state index contributed by atoms with van der Waals surface area (Å²) in [5.41, 5.74) is 0.327. The molecule has 40 heavy (non-hydrogen) atoms. The van der Waals surface area contributed by atoms with Crippen molar-refractivity contribution in [3.8, 4) is 5.75 Å². The van der Waals surface area contributed by atoms with Crippen LogP contribution >= 0.6 is 0 Å². The van der Waals surface area contributed by atoms with Crippen LogP contribution in [0.5, 0.6) is 5.75 Å². The SMILES string of the molecule is COC(=O)[C@]12CCCCC=C1N(Cc1ccc(OC)cc1)C(=O)[C@@H]2CC(=O)N1CCN(C(=O)c2ccco2)CC1. The number of ether oxygens (including phenoxy) is 2. The van der Waals surface area contributed by atoms with Gasteiger partial charge in [0.1, 0.15) is 11.2 Å². The number of amides is 3. The lowest BCUT2D eigenvalue weighted by molar-refractivity contribution is -0.156. The van der Waals surface area contributed by atoms with E-state index in [9.17, 15) is 19.2 Å². The van der Waals surface area contributed by atoms with E-state index in [1.807, 2.05) is 30.3 Å². The number of fused-ring (bicyclic) bond motifs is 1. The van der Waals surface area contributed by atoms with Gasteiger partial charge in [-0.05, 0) is 49.1 Å². The summed E-state index contributed by atoms with van der Waals surface area (Å²) in [5.74, 6) is -1.02. The highest BCUT2D eigenvalue weighted by atomic mass is 16.5. The van der Waals surface area contributed by atoms with Gasteiger partial charge in [-0.2, -0.15) is 0 Å². The van der Waals surface area contributed by atoms with Crippen molar-refractivity contribution in [2.24, 2.45) is 11.3 Å². The molecular weight excluding hydrogens is 514 g/mol. The second kappa shape index (κ2) is 11.6. The number of furan rings is 1. The third-order valence-corrected chi connectivity index (χ3v) is 8.35. The molecule has 5 rings (SSSR count). The number of carbonyl (C=O) groups excluding carboxylic acids is 4. The van der Waals surface area contributed by atoms with Crippen molar-refractivity contribution in [1.82, 2.24) is 14.7 Å². The van der Waals surface area contributed by atoms with Crippen molar-refractivity contribution in [2.45, 2.75) is 38.6 Å². The molecule has 3 aliphatic rings. The molecule has 0 unspecified atom stereocenters. The van der Waals surface area contributed by atoms with Gasteiger partial charge in [-0.1, -0.05) is 24.6 Å². The van der Waals surface area contributed by atoms with Gasteiger partial charge in [-0.15, -0.1) is 0 Å². The highest BCUT2D eigenvalue weighted by Crippen LogP contribution is 2.53. The molecule has 3 amide bonds. The lowest BCUT2D eigenvalue weighted by Crippen LogP contribution is -2.51. The van der Waals surface area contributed by atoms with Gasteiger partial charge in [0, 0.05) is 38.3 Å². The van der Waals surface area contributed by atoms with Gasteiger partial charge in [-0.3, -0.25) is 19.2 Å². The van der Waals surface area contributed by atoms with E-state index in [1.54, 1.807) is 33.9 Å². The van der Waals surface area contributed by atoms with Crippen LogP contribution in [0, 0.1) is 11.3 Å². The predicted octanol–water partition coefficient (Wildman–Crippen LogP) is 3.24. The third kappa shape index (κ3) is 4.98. The molecule has 0 radical (unpaired) electrons. The molecule has 2 aliphatic heterocycles. The molecule has 0 spiro atoms. The molecule has 212 valence electrons. The zero-order valence-corrected chi connectivity index (χ0v) is 23.0. The fraction of sp³-hybridized carbons (Fsp3) is 0.467. The molecule has 2 atom stereocenters. The average Bonchev–Trinajstić information content (AvgIpc) is 3.52. The number of esters is 1. The Bertz CT molecular complexity index is 1280. The number of rotatable bonds is 7. The number of benzene rings is 1. The van der Waals surface area contributed by atoms with Crippen LogP contribution in [-0.2, 0) is 25.7 Å². The second-order valence-electron chi connectivity index (χ2n) is 10.5. The first-order valence-electron chi connectivity index (χ1n) is 13.7. The lowest BCUT2D eigenvalue weighted by atomic mass is 9.71. The molecule has 3 heterocycles. The summed E-state index contributed by atoms with van der Waals surface area (Å²) in [7, 11) is 2.93. The Balaban J connectivity index is 1.36. The van der Waals surface area contributed by atoms with E-state index in [0.717, 1.165) is 24.8 Å².